The lowest BCUT2D eigenvalue weighted by Gasteiger charge is -2.18. The molecule has 1 aromatic rings. The molecule has 0 aromatic heterocycles. The molecule has 0 radical (unpaired) electrons. The number of amidine groups is 1. The van der Waals surface area contributed by atoms with E-state index in [-0.39, 0.29) is 4.90 Å². The van der Waals surface area contributed by atoms with Gasteiger partial charge in [-0.05, 0) is 24.6 Å². The van der Waals surface area contributed by atoms with E-state index >= 15 is 0 Å². The number of benzene rings is 1. The number of nitrogens with one attached hydrogen (secondary N) is 1. The van der Waals surface area contributed by atoms with Crippen LogP contribution in [0.25, 0.3) is 0 Å². The molecular weight excluding hydrogens is 308 g/mol. The van der Waals surface area contributed by atoms with Crippen LogP contribution in [0.2, 0.25) is 5.02 Å². The predicted octanol–water partition coefficient (Wildman–Crippen LogP) is 4.60. The molecule has 1 N–H and O–H groups in total. The molecule has 6 heteroatoms. The first kappa shape index (κ1) is 16.3. The molecule has 0 fully saturated rings. The maximum Gasteiger partial charge on any atom is 0.286 e. The van der Waals surface area contributed by atoms with Gasteiger partial charge in [-0.15, -0.1) is 4.40 Å². The average Bonchev–Trinajstić information content (AvgIpc) is 2.41. The van der Waals surface area contributed by atoms with E-state index < -0.39 is 10.0 Å². The molecule has 1 aliphatic heterocycles. The number of anilines is 1. The molecule has 0 aliphatic carbocycles. The van der Waals surface area contributed by atoms with Crippen LogP contribution in [0.5, 0.6) is 0 Å². The third-order valence-corrected chi connectivity index (χ3v) is 5.10. The van der Waals surface area contributed by atoms with Crippen molar-refractivity contribution in [2.24, 2.45) is 4.40 Å². The molecule has 1 heterocycles. The van der Waals surface area contributed by atoms with Crippen molar-refractivity contribution in [3.8, 4) is 0 Å². The third kappa shape index (κ3) is 4.45. The molecule has 2 rings (SSSR count). The number of halogens is 1. The van der Waals surface area contributed by atoms with Gasteiger partial charge in [0.25, 0.3) is 10.0 Å². The van der Waals surface area contributed by atoms with E-state index in [0.29, 0.717) is 23.0 Å². The van der Waals surface area contributed by atoms with Crippen LogP contribution in [0.15, 0.2) is 27.5 Å². The van der Waals surface area contributed by atoms with E-state index in [4.69, 9.17) is 11.6 Å². The van der Waals surface area contributed by atoms with Crippen LogP contribution in [0.1, 0.15) is 51.9 Å². The maximum absolute atomic E-state index is 12.1. The van der Waals surface area contributed by atoms with Crippen molar-refractivity contribution in [1.29, 1.82) is 0 Å². The van der Waals surface area contributed by atoms with Crippen molar-refractivity contribution in [1.82, 2.24) is 0 Å². The highest BCUT2D eigenvalue weighted by Gasteiger charge is 2.24. The molecule has 1 aliphatic rings. The second kappa shape index (κ2) is 7.27. The van der Waals surface area contributed by atoms with Crippen LogP contribution in [0, 0.1) is 0 Å². The minimum atomic E-state index is -3.59. The van der Waals surface area contributed by atoms with Crippen LogP contribution in [0.3, 0.4) is 0 Å². The highest BCUT2D eigenvalue weighted by Crippen LogP contribution is 2.30. The van der Waals surface area contributed by atoms with E-state index in [1.807, 2.05) is 0 Å². The Balaban J connectivity index is 1.96. The Labute approximate surface area is 131 Å². The minimum Gasteiger partial charge on any atom is -0.342 e. The highest BCUT2D eigenvalue weighted by atomic mass is 35.5. The summed E-state index contributed by atoms with van der Waals surface area (Å²) >= 11 is 5.92. The van der Waals surface area contributed by atoms with Gasteiger partial charge in [-0.2, -0.15) is 8.42 Å². The summed E-state index contributed by atoms with van der Waals surface area (Å²) in [4.78, 5) is 0.193. The Morgan fingerprint density at radius 1 is 1.14 bits per heavy atom. The Kier molecular flexibility index (Phi) is 5.65. The topological polar surface area (TPSA) is 58.5 Å². The second-order valence-corrected chi connectivity index (χ2v) is 7.31. The minimum absolute atomic E-state index is 0.193. The number of hydrogen-bond donors (Lipinski definition) is 1. The van der Waals surface area contributed by atoms with Crippen molar-refractivity contribution in [2.45, 2.75) is 56.8 Å². The van der Waals surface area contributed by atoms with Crippen LogP contribution in [0.4, 0.5) is 5.69 Å². The van der Waals surface area contributed by atoms with E-state index in [1.165, 1.54) is 31.7 Å². The van der Waals surface area contributed by atoms with Gasteiger partial charge in [-0.1, -0.05) is 50.6 Å². The van der Waals surface area contributed by atoms with Gasteiger partial charge < -0.3 is 5.32 Å². The molecule has 0 amide bonds. The van der Waals surface area contributed by atoms with Crippen LogP contribution in [-0.4, -0.2) is 14.3 Å². The normalized spacial score (nSPS) is 16.0. The van der Waals surface area contributed by atoms with Crippen molar-refractivity contribution < 1.29 is 8.42 Å². The fourth-order valence-electron chi connectivity index (χ4n) is 2.38. The first-order valence-electron chi connectivity index (χ1n) is 7.43. The monoisotopic (exact) mass is 328 g/mol. The SMILES string of the molecule is CCCCCCCCC1=NS(=O)(=O)c2ccc(Cl)cc2N1. The lowest BCUT2D eigenvalue weighted by Crippen LogP contribution is -2.21. The number of rotatable bonds is 7. The molecule has 0 spiro atoms. The Morgan fingerprint density at radius 3 is 2.62 bits per heavy atom. The zero-order valence-corrected chi connectivity index (χ0v) is 13.8. The summed E-state index contributed by atoms with van der Waals surface area (Å²) in [5, 5.41) is 3.59. The van der Waals surface area contributed by atoms with Crippen molar-refractivity contribution in [2.75, 3.05) is 5.32 Å². The van der Waals surface area contributed by atoms with Crippen molar-refractivity contribution >= 4 is 33.1 Å². The molecule has 0 bridgehead atoms. The first-order chi connectivity index (χ1) is 10.0. The third-order valence-electron chi connectivity index (χ3n) is 3.50. The number of unbranched alkanes of at least 4 members (excludes halogenated alkanes) is 5. The molecule has 1 aromatic carbocycles. The van der Waals surface area contributed by atoms with Gasteiger partial charge in [0, 0.05) is 11.4 Å². The van der Waals surface area contributed by atoms with E-state index in [2.05, 4.69) is 16.6 Å². The average molecular weight is 329 g/mol. The summed E-state index contributed by atoms with van der Waals surface area (Å²) in [7, 11) is -3.59. The lowest BCUT2D eigenvalue weighted by molar-refractivity contribution is 0.596. The second-order valence-electron chi connectivity index (χ2n) is 5.30. The number of sulfonamides is 1. The van der Waals surface area contributed by atoms with Crippen LogP contribution in [-0.2, 0) is 10.0 Å². The zero-order valence-electron chi connectivity index (χ0n) is 12.2. The molecule has 116 valence electrons. The molecule has 0 atom stereocenters. The quantitative estimate of drug-likeness (QED) is 0.744. The van der Waals surface area contributed by atoms with Gasteiger partial charge in [-0.3, -0.25) is 0 Å². The van der Waals surface area contributed by atoms with Crippen LogP contribution < -0.4 is 5.32 Å². The molecule has 0 saturated heterocycles. The van der Waals surface area contributed by atoms with Gasteiger partial charge >= 0.3 is 0 Å². The van der Waals surface area contributed by atoms with E-state index in [0.717, 1.165) is 12.8 Å². The number of nitrogens with zero attached hydrogens (tertiary/aromatic N) is 1. The summed E-state index contributed by atoms with van der Waals surface area (Å²) in [5.41, 5.74) is 0.526. The Morgan fingerprint density at radius 2 is 1.86 bits per heavy atom. The van der Waals surface area contributed by atoms with Crippen LogP contribution >= 0.6 is 11.6 Å². The summed E-state index contributed by atoms with van der Waals surface area (Å²) in [6, 6.07) is 4.68. The van der Waals surface area contributed by atoms with Gasteiger partial charge in [0.2, 0.25) is 0 Å². The molecule has 21 heavy (non-hydrogen) atoms. The van der Waals surface area contributed by atoms with Gasteiger partial charge in [0.15, 0.2) is 0 Å². The van der Waals surface area contributed by atoms with E-state index in [9.17, 15) is 8.42 Å². The molecule has 4 nitrogen and oxygen atoms in total. The predicted molar refractivity (Wildman–Crippen MR) is 87.7 cm³/mol. The largest absolute Gasteiger partial charge is 0.342 e. The summed E-state index contributed by atoms with van der Waals surface area (Å²) < 4.78 is 28.1. The standard InChI is InChI=1S/C15H21ClN2O2S/c1-2-3-4-5-6-7-8-15-17-13-11-12(16)9-10-14(13)21(19,20)18-15/h9-11H,2-8H2,1H3,(H,17,18). The van der Waals surface area contributed by atoms with Crippen molar-refractivity contribution in [3.63, 3.8) is 0 Å². The van der Waals surface area contributed by atoms with Gasteiger partial charge in [0.05, 0.1) is 5.69 Å². The number of hydrogen-bond acceptors (Lipinski definition) is 3. The Bertz CT molecular complexity index is 627. The fraction of sp³-hybridized carbons (Fsp3) is 0.533. The molecule has 0 unspecified atom stereocenters. The molecule has 0 saturated carbocycles. The Hall–Kier alpha value is -1.07. The highest BCUT2D eigenvalue weighted by molar-refractivity contribution is 7.90. The fourth-order valence-corrected chi connectivity index (χ4v) is 3.70. The summed E-state index contributed by atoms with van der Waals surface area (Å²) in [5.74, 6) is 0.514. The van der Waals surface area contributed by atoms with Gasteiger partial charge in [0.1, 0.15) is 10.7 Å². The lowest BCUT2D eigenvalue weighted by atomic mass is 10.1. The first-order valence-corrected chi connectivity index (χ1v) is 9.25. The smallest absolute Gasteiger partial charge is 0.286 e. The van der Waals surface area contributed by atoms with E-state index in [1.54, 1.807) is 12.1 Å². The molecular formula is C15H21ClN2O2S. The summed E-state index contributed by atoms with van der Waals surface area (Å²) in [6.07, 6.45) is 7.62. The summed E-state index contributed by atoms with van der Waals surface area (Å²) in [6.45, 7) is 2.19. The van der Waals surface area contributed by atoms with Crippen molar-refractivity contribution in [3.05, 3.63) is 23.2 Å². The zero-order chi connectivity index (χ0) is 15.3. The van der Waals surface area contributed by atoms with Gasteiger partial charge in [-0.25, -0.2) is 0 Å². The number of fused-ring (bicyclic) bond motifs is 1. The maximum atomic E-state index is 12.1.